The van der Waals surface area contributed by atoms with Gasteiger partial charge in [0.15, 0.2) is 5.15 Å². The Morgan fingerprint density at radius 2 is 2.00 bits per heavy atom. The quantitative estimate of drug-likeness (QED) is 0.312. The number of H-pyrrole nitrogens is 2. The highest BCUT2D eigenvalue weighted by Gasteiger charge is 2.55. The van der Waals surface area contributed by atoms with Gasteiger partial charge >= 0.3 is 0 Å². The van der Waals surface area contributed by atoms with Gasteiger partial charge in [0.25, 0.3) is 5.56 Å². The zero-order valence-electron chi connectivity index (χ0n) is 20.4. The van der Waals surface area contributed by atoms with E-state index in [1.807, 2.05) is 25.3 Å². The molecule has 0 bridgehead atoms. The van der Waals surface area contributed by atoms with E-state index >= 15 is 0 Å². The summed E-state index contributed by atoms with van der Waals surface area (Å²) in [5, 5.41) is 17.2. The zero-order valence-corrected chi connectivity index (χ0v) is 21.9. The first-order chi connectivity index (χ1) is 18.9. The van der Waals surface area contributed by atoms with Gasteiger partial charge < -0.3 is 4.98 Å². The van der Waals surface area contributed by atoms with Crippen LogP contribution in [0, 0.1) is 12.8 Å². The number of fused-ring (bicyclic) bond motifs is 4. The number of aryl methyl sites for hydroxylation is 1. The van der Waals surface area contributed by atoms with Crippen LogP contribution in [0.15, 0.2) is 59.7 Å². The summed E-state index contributed by atoms with van der Waals surface area (Å²) in [6.45, 7) is 2.00. The summed E-state index contributed by atoms with van der Waals surface area (Å²) < 4.78 is 3.33. The van der Waals surface area contributed by atoms with Crippen LogP contribution in [0.1, 0.15) is 35.7 Å². The molecule has 6 aromatic rings. The number of hydrogen-bond acceptors (Lipinski definition) is 6. The van der Waals surface area contributed by atoms with Crippen molar-refractivity contribution in [1.82, 2.24) is 44.7 Å². The number of aromatic amines is 2. The molecule has 2 aliphatic rings. The Labute approximate surface area is 230 Å². The standard InChI is InChI=1S/C27H19Cl2N9O/c1-12-15-4-2-13(6-20(15)34-33-12)21-10-30-26(31-21)25-16-8-17(16)27-32-19(9-24(39)38(25)27)18-7-14(28)3-5-22(18)37-11-23(29)35-36-37/h2-7,9-11,16-17,25H,8H2,1H3,(H,30,31)(H,33,34). The van der Waals surface area contributed by atoms with Crippen LogP contribution in [0.2, 0.25) is 10.2 Å². The second-order valence-corrected chi connectivity index (χ2v) is 10.9. The summed E-state index contributed by atoms with van der Waals surface area (Å²) in [5.74, 6) is 1.99. The lowest BCUT2D eigenvalue weighted by molar-refractivity contribution is 0.510. The van der Waals surface area contributed by atoms with Crippen molar-refractivity contribution < 1.29 is 0 Å². The number of imidazole rings is 1. The summed E-state index contributed by atoms with van der Waals surface area (Å²) in [4.78, 5) is 26.7. The van der Waals surface area contributed by atoms with E-state index in [2.05, 4.69) is 37.6 Å². The van der Waals surface area contributed by atoms with Crippen molar-refractivity contribution in [1.29, 1.82) is 0 Å². The first-order valence-electron chi connectivity index (χ1n) is 12.5. The Morgan fingerprint density at radius 3 is 2.85 bits per heavy atom. The van der Waals surface area contributed by atoms with Crippen molar-refractivity contribution in [2.75, 3.05) is 0 Å². The molecule has 8 rings (SSSR count). The fourth-order valence-electron chi connectivity index (χ4n) is 5.79. The van der Waals surface area contributed by atoms with Gasteiger partial charge in [-0.05, 0) is 43.5 Å². The minimum absolute atomic E-state index is 0.138. The van der Waals surface area contributed by atoms with Gasteiger partial charge in [-0.1, -0.05) is 40.5 Å². The van der Waals surface area contributed by atoms with E-state index in [1.165, 1.54) is 0 Å². The molecule has 192 valence electrons. The largest absolute Gasteiger partial charge is 0.340 e. The normalized spacial score (nSPS) is 19.4. The molecule has 3 unspecified atom stereocenters. The predicted octanol–water partition coefficient (Wildman–Crippen LogP) is 5.08. The van der Waals surface area contributed by atoms with E-state index in [0.29, 0.717) is 22.0 Å². The molecule has 4 aromatic heterocycles. The molecular formula is C27H19Cl2N9O. The second-order valence-electron chi connectivity index (χ2n) is 10.1. The van der Waals surface area contributed by atoms with Gasteiger partial charge in [0, 0.05) is 39.2 Å². The third-order valence-electron chi connectivity index (χ3n) is 7.71. The summed E-state index contributed by atoms with van der Waals surface area (Å²) in [5.41, 5.74) is 5.55. The molecule has 2 aromatic carbocycles. The molecule has 0 spiro atoms. The molecule has 1 aliphatic heterocycles. The molecule has 1 aliphatic carbocycles. The van der Waals surface area contributed by atoms with Crippen LogP contribution in [0.25, 0.3) is 39.1 Å². The maximum Gasteiger partial charge on any atom is 0.254 e. The summed E-state index contributed by atoms with van der Waals surface area (Å²) in [6, 6.07) is 12.8. The second kappa shape index (κ2) is 8.11. The molecule has 39 heavy (non-hydrogen) atoms. The number of benzene rings is 2. The Balaban J connectivity index is 1.19. The van der Waals surface area contributed by atoms with Gasteiger partial charge in [0.2, 0.25) is 0 Å². The molecule has 1 fully saturated rings. The van der Waals surface area contributed by atoms with Crippen molar-refractivity contribution in [3.05, 3.63) is 92.7 Å². The molecule has 2 N–H and O–H groups in total. The fourth-order valence-corrected chi connectivity index (χ4v) is 6.08. The third-order valence-corrected chi connectivity index (χ3v) is 8.12. The van der Waals surface area contributed by atoms with E-state index < -0.39 is 0 Å². The minimum atomic E-state index is -0.197. The van der Waals surface area contributed by atoms with Crippen LogP contribution in [-0.4, -0.2) is 44.7 Å². The molecule has 5 heterocycles. The number of hydrogen-bond donors (Lipinski definition) is 2. The average molecular weight is 556 g/mol. The van der Waals surface area contributed by atoms with Gasteiger partial charge in [0.05, 0.1) is 41.0 Å². The Kier molecular flexibility index (Phi) is 4.72. The van der Waals surface area contributed by atoms with Crippen molar-refractivity contribution in [3.63, 3.8) is 0 Å². The monoisotopic (exact) mass is 555 g/mol. The Hall–Kier alpha value is -4.28. The number of rotatable bonds is 4. The first-order valence-corrected chi connectivity index (χ1v) is 13.2. The van der Waals surface area contributed by atoms with Gasteiger partial charge in [-0.25, -0.2) is 14.6 Å². The lowest BCUT2D eigenvalue weighted by Gasteiger charge is -2.17. The fraction of sp³-hybridized carbons (Fsp3) is 0.185. The zero-order chi connectivity index (χ0) is 26.4. The summed E-state index contributed by atoms with van der Waals surface area (Å²) in [7, 11) is 0. The van der Waals surface area contributed by atoms with E-state index in [-0.39, 0.29) is 28.6 Å². The van der Waals surface area contributed by atoms with Gasteiger partial charge in [-0.3, -0.25) is 14.5 Å². The first kappa shape index (κ1) is 22.7. The average Bonchev–Trinajstić information content (AvgIpc) is 3.28. The van der Waals surface area contributed by atoms with E-state index in [9.17, 15) is 4.79 Å². The molecule has 3 atom stereocenters. The molecular weight excluding hydrogens is 537 g/mol. The topological polar surface area (TPSA) is 123 Å². The van der Waals surface area contributed by atoms with Gasteiger partial charge in [-0.2, -0.15) is 5.10 Å². The highest BCUT2D eigenvalue weighted by Crippen LogP contribution is 2.59. The minimum Gasteiger partial charge on any atom is -0.340 e. The number of aromatic nitrogens is 9. The Bertz CT molecular complexity index is 2000. The van der Waals surface area contributed by atoms with E-state index in [1.54, 1.807) is 33.6 Å². The molecule has 0 saturated heterocycles. The van der Waals surface area contributed by atoms with Crippen LogP contribution < -0.4 is 5.56 Å². The highest BCUT2D eigenvalue weighted by atomic mass is 35.5. The van der Waals surface area contributed by atoms with Gasteiger partial charge in [0.1, 0.15) is 11.6 Å². The summed E-state index contributed by atoms with van der Waals surface area (Å²) in [6.07, 6.45) is 4.37. The number of nitrogens with zero attached hydrogens (tertiary/aromatic N) is 7. The van der Waals surface area contributed by atoms with Gasteiger partial charge in [-0.15, -0.1) is 5.10 Å². The number of nitrogens with one attached hydrogen (secondary N) is 2. The number of halogens is 2. The smallest absolute Gasteiger partial charge is 0.254 e. The predicted molar refractivity (Wildman–Crippen MR) is 146 cm³/mol. The molecule has 10 nitrogen and oxygen atoms in total. The van der Waals surface area contributed by atoms with Crippen LogP contribution >= 0.6 is 23.2 Å². The third kappa shape index (κ3) is 3.48. The Morgan fingerprint density at radius 1 is 1.10 bits per heavy atom. The van der Waals surface area contributed by atoms with Crippen molar-refractivity contribution >= 4 is 34.1 Å². The van der Waals surface area contributed by atoms with Crippen LogP contribution in [0.4, 0.5) is 0 Å². The molecule has 0 amide bonds. The maximum absolute atomic E-state index is 13.6. The SMILES string of the molecule is Cc1[nH]nc2cc(-c3cnc(C4C5CC5c5nc(-c6cc(Cl)ccc6-n6cc(Cl)nn6)cc(=O)n54)[nH]3)ccc12. The summed E-state index contributed by atoms with van der Waals surface area (Å²) >= 11 is 12.3. The lowest BCUT2D eigenvalue weighted by Crippen LogP contribution is -2.27. The maximum atomic E-state index is 13.6. The lowest BCUT2D eigenvalue weighted by atomic mass is 10.1. The molecule has 1 saturated carbocycles. The molecule has 12 heteroatoms. The van der Waals surface area contributed by atoms with Crippen LogP contribution in [0.3, 0.4) is 0 Å². The van der Waals surface area contributed by atoms with Crippen molar-refractivity contribution in [2.45, 2.75) is 25.3 Å². The van der Waals surface area contributed by atoms with Crippen LogP contribution in [-0.2, 0) is 0 Å². The van der Waals surface area contributed by atoms with Crippen molar-refractivity contribution in [2.24, 2.45) is 5.92 Å². The highest BCUT2D eigenvalue weighted by molar-refractivity contribution is 6.31. The van der Waals surface area contributed by atoms with E-state index in [0.717, 1.165) is 45.9 Å². The van der Waals surface area contributed by atoms with E-state index in [4.69, 9.17) is 33.2 Å². The molecule has 0 radical (unpaired) electrons. The van der Waals surface area contributed by atoms with Crippen LogP contribution in [0.5, 0.6) is 0 Å². The van der Waals surface area contributed by atoms with Crippen molar-refractivity contribution in [3.8, 4) is 28.2 Å².